The molecule has 1 aliphatic rings. The number of nitrogens with zero attached hydrogens (tertiary/aromatic N) is 1. The first-order chi connectivity index (χ1) is 7.31. The third-order valence-electron chi connectivity index (χ3n) is 2.48. The van der Waals surface area contributed by atoms with E-state index in [1.54, 1.807) is 23.1 Å². The lowest BCUT2D eigenvalue weighted by atomic mass is 10.4. The third-order valence-corrected chi connectivity index (χ3v) is 3.88. The summed E-state index contributed by atoms with van der Waals surface area (Å²) < 4.78 is 0. The molecule has 1 amide bonds. The molecule has 15 heavy (non-hydrogen) atoms. The molecular weight excluding hydrogens is 226 g/mol. The number of hydrogen-bond donors (Lipinski definition) is 0. The van der Waals surface area contributed by atoms with Crippen LogP contribution in [0.15, 0.2) is 17.5 Å². The van der Waals surface area contributed by atoms with Crippen LogP contribution in [0.2, 0.25) is 0 Å². The summed E-state index contributed by atoms with van der Waals surface area (Å²) in [4.78, 5) is 15.2. The van der Waals surface area contributed by atoms with Gasteiger partial charge in [0.25, 0.3) is 0 Å². The number of carbonyl (C=O) groups is 1. The quantitative estimate of drug-likeness (QED) is 0.790. The molecule has 0 N–H and O–H groups in total. The highest BCUT2D eigenvalue weighted by Crippen LogP contribution is 2.29. The Morgan fingerprint density at radius 3 is 3.00 bits per heavy atom. The fourth-order valence-corrected chi connectivity index (χ4v) is 2.70. The highest BCUT2D eigenvalue weighted by atomic mass is 32.2. The Balaban J connectivity index is 1.97. The number of carbonyl (C=O) groups excluding carboxylic acids is 1. The number of thiophene rings is 1. The standard InChI is InChI=1S/C11H15NOS2/c1-14-8-11(13)12(9-4-5-9)7-10-3-2-6-15-10/h2-3,6,9H,4-5,7-8H2,1H3. The van der Waals surface area contributed by atoms with Crippen molar-refractivity contribution in [2.45, 2.75) is 25.4 Å². The summed E-state index contributed by atoms with van der Waals surface area (Å²) in [5.41, 5.74) is 0. The molecule has 1 fully saturated rings. The normalized spacial score (nSPS) is 15.3. The molecule has 0 bridgehead atoms. The maximum atomic E-state index is 11.9. The van der Waals surface area contributed by atoms with E-state index in [1.165, 1.54) is 17.7 Å². The molecule has 1 aliphatic carbocycles. The van der Waals surface area contributed by atoms with E-state index in [0.29, 0.717) is 17.7 Å². The van der Waals surface area contributed by atoms with E-state index in [0.717, 1.165) is 6.54 Å². The fraction of sp³-hybridized carbons (Fsp3) is 0.545. The zero-order valence-electron chi connectivity index (χ0n) is 8.81. The van der Waals surface area contributed by atoms with E-state index in [4.69, 9.17) is 0 Å². The predicted octanol–water partition coefficient (Wildman–Crippen LogP) is 2.60. The highest BCUT2D eigenvalue weighted by Gasteiger charge is 2.32. The number of hydrogen-bond acceptors (Lipinski definition) is 3. The van der Waals surface area contributed by atoms with E-state index < -0.39 is 0 Å². The molecule has 0 aliphatic heterocycles. The van der Waals surface area contributed by atoms with Gasteiger partial charge in [-0.15, -0.1) is 11.3 Å². The monoisotopic (exact) mass is 241 g/mol. The topological polar surface area (TPSA) is 20.3 Å². The Bertz CT molecular complexity index is 319. The number of rotatable bonds is 5. The van der Waals surface area contributed by atoms with Crippen molar-refractivity contribution in [1.29, 1.82) is 0 Å². The molecule has 1 aromatic heterocycles. The van der Waals surface area contributed by atoms with Crippen LogP contribution in [0.5, 0.6) is 0 Å². The lowest BCUT2D eigenvalue weighted by Crippen LogP contribution is -2.33. The van der Waals surface area contributed by atoms with Crippen LogP contribution in [-0.2, 0) is 11.3 Å². The van der Waals surface area contributed by atoms with Crippen molar-refractivity contribution in [3.63, 3.8) is 0 Å². The highest BCUT2D eigenvalue weighted by molar-refractivity contribution is 7.99. The summed E-state index contributed by atoms with van der Waals surface area (Å²) in [6.07, 6.45) is 4.35. The SMILES string of the molecule is CSCC(=O)N(Cc1cccs1)C1CC1. The van der Waals surface area contributed by atoms with Crippen LogP contribution in [0, 0.1) is 0 Å². The first-order valence-electron chi connectivity index (χ1n) is 5.12. The van der Waals surface area contributed by atoms with Gasteiger partial charge in [0.1, 0.15) is 0 Å². The second kappa shape index (κ2) is 5.03. The zero-order chi connectivity index (χ0) is 10.7. The van der Waals surface area contributed by atoms with Crippen molar-refractivity contribution in [3.8, 4) is 0 Å². The summed E-state index contributed by atoms with van der Waals surface area (Å²) in [7, 11) is 0. The largest absolute Gasteiger partial charge is 0.334 e. The molecule has 0 aromatic carbocycles. The maximum Gasteiger partial charge on any atom is 0.233 e. The minimum Gasteiger partial charge on any atom is -0.334 e. The van der Waals surface area contributed by atoms with Crippen LogP contribution in [0.4, 0.5) is 0 Å². The fourth-order valence-electron chi connectivity index (χ4n) is 1.58. The van der Waals surface area contributed by atoms with E-state index in [2.05, 4.69) is 11.4 Å². The zero-order valence-corrected chi connectivity index (χ0v) is 10.4. The van der Waals surface area contributed by atoms with Crippen LogP contribution >= 0.6 is 23.1 Å². The van der Waals surface area contributed by atoms with Gasteiger partial charge in [-0.05, 0) is 30.5 Å². The van der Waals surface area contributed by atoms with Gasteiger partial charge in [0.15, 0.2) is 0 Å². The van der Waals surface area contributed by atoms with Gasteiger partial charge >= 0.3 is 0 Å². The number of thioether (sulfide) groups is 1. The first-order valence-corrected chi connectivity index (χ1v) is 7.39. The van der Waals surface area contributed by atoms with Crippen molar-refractivity contribution in [1.82, 2.24) is 4.90 Å². The molecule has 1 aromatic rings. The van der Waals surface area contributed by atoms with Gasteiger partial charge in [-0.2, -0.15) is 11.8 Å². The van der Waals surface area contributed by atoms with Crippen LogP contribution in [-0.4, -0.2) is 28.9 Å². The molecule has 2 nitrogen and oxygen atoms in total. The maximum absolute atomic E-state index is 11.9. The van der Waals surface area contributed by atoms with Crippen LogP contribution in [0.1, 0.15) is 17.7 Å². The summed E-state index contributed by atoms with van der Waals surface area (Å²) >= 11 is 3.34. The molecular formula is C11H15NOS2. The molecule has 4 heteroatoms. The summed E-state index contributed by atoms with van der Waals surface area (Å²) in [5.74, 6) is 0.903. The molecule has 0 spiro atoms. The van der Waals surface area contributed by atoms with Gasteiger partial charge in [-0.1, -0.05) is 6.07 Å². The minimum absolute atomic E-state index is 0.290. The Morgan fingerprint density at radius 1 is 1.67 bits per heavy atom. The molecule has 0 unspecified atom stereocenters. The smallest absolute Gasteiger partial charge is 0.233 e. The summed E-state index contributed by atoms with van der Waals surface area (Å²) in [5, 5.41) is 2.07. The van der Waals surface area contributed by atoms with Crippen molar-refractivity contribution >= 4 is 29.0 Å². The van der Waals surface area contributed by atoms with Gasteiger partial charge in [-0.25, -0.2) is 0 Å². The Morgan fingerprint density at radius 2 is 2.47 bits per heavy atom. The van der Waals surface area contributed by atoms with Gasteiger partial charge < -0.3 is 4.90 Å². The van der Waals surface area contributed by atoms with Crippen LogP contribution in [0.3, 0.4) is 0 Å². The van der Waals surface area contributed by atoms with Gasteiger partial charge in [0.2, 0.25) is 5.91 Å². The van der Waals surface area contributed by atoms with E-state index in [-0.39, 0.29) is 0 Å². The Hall–Kier alpha value is -0.480. The van der Waals surface area contributed by atoms with Gasteiger partial charge in [-0.3, -0.25) is 4.79 Å². The van der Waals surface area contributed by atoms with E-state index in [9.17, 15) is 4.79 Å². The number of amides is 1. The second-order valence-corrected chi connectivity index (χ2v) is 5.66. The van der Waals surface area contributed by atoms with E-state index >= 15 is 0 Å². The molecule has 0 atom stereocenters. The van der Waals surface area contributed by atoms with Crippen LogP contribution in [0.25, 0.3) is 0 Å². The van der Waals surface area contributed by atoms with Crippen molar-refractivity contribution in [3.05, 3.63) is 22.4 Å². The molecule has 1 heterocycles. The van der Waals surface area contributed by atoms with Crippen molar-refractivity contribution in [2.24, 2.45) is 0 Å². The van der Waals surface area contributed by atoms with Gasteiger partial charge in [0.05, 0.1) is 12.3 Å². The summed E-state index contributed by atoms with van der Waals surface area (Å²) in [6.45, 7) is 0.807. The van der Waals surface area contributed by atoms with E-state index in [1.807, 2.05) is 17.2 Å². The second-order valence-electron chi connectivity index (χ2n) is 3.77. The van der Waals surface area contributed by atoms with Crippen LogP contribution < -0.4 is 0 Å². The minimum atomic E-state index is 0.290. The average Bonchev–Trinajstić information content (AvgIpc) is 2.93. The molecule has 1 saturated carbocycles. The average molecular weight is 241 g/mol. The lowest BCUT2D eigenvalue weighted by Gasteiger charge is -2.21. The molecule has 2 rings (SSSR count). The molecule has 0 saturated heterocycles. The van der Waals surface area contributed by atoms with Gasteiger partial charge in [0, 0.05) is 10.9 Å². The summed E-state index contributed by atoms with van der Waals surface area (Å²) in [6, 6.07) is 4.67. The Labute approximate surface area is 98.7 Å². The van der Waals surface area contributed by atoms with Crippen molar-refractivity contribution < 1.29 is 4.79 Å². The first kappa shape index (κ1) is 11.0. The Kier molecular flexibility index (Phi) is 3.70. The lowest BCUT2D eigenvalue weighted by molar-refractivity contribution is -0.129. The third kappa shape index (κ3) is 2.98. The predicted molar refractivity (Wildman–Crippen MR) is 66.3 cm³/mol. The van der Waals surface area contributed by atoms with Crippen molar-refractivity contribution in [2.75, 3.05) is 12.0 Å². The molecule has 0 radical (unpaired) electrons. The molecule has 82 valence electrons.